The fourth-order valence-electron chi connectivity index (χ4n) is 3.10. The molecule has 0 aromatic heterocycles. The van der Waals surface area contributed by atoms with E-state index in [1.807, 2.05) is 42.2 Å². The SMILES string of the molecule is CC(c1ccccc1)N(C)C(=S)N[C@H]1CCCC[C@@H]1NS(=O)(=O)C(F)(F)F. The molecular formula is C17H24F3N3O2S2. The molecule has 2 N–H and O–H groups in total. The van der Waals surface area contributed by atoms with Gasteiger partial charge in [0.2, 0.25) is 0 Å². The molecule has 1 aliphatic carbocycles. The molecule has 0 amide bonds. The molecule has 3 atom stereocenters. The highest BCUT2D eigenvalue weighted by molar-refractivity contribution is 7.90. The monoisotopic (exact) mass is 423 g/mol. The predicted molar refractivity (Wildman–Crippen MR) is 103 cm³/mol. The number of rotatable bonds is 5. The van der Waals surface area contributed by atoms with Crippen molar-refractivity contribution in [1.29, 1.82) is 0 Å². The number of hydrogen-bond donors (Lipinski definition) is 2. The molecule has 152 valence electrons. The van der Waals surface area contributed by atoms with Crippen LogP contribution in [-0.4, -0.2) is 43.1 Å². The minimum Gasteiger partial charge on any atom is -0.358 e. The van der Waals surface area contributed by atoms with Crippen molar-refractivity contribution in [2.24, 2.45) is 0 Å². The van der Waals surface area contributed by atoms with E-state index in [0.29, 0.717) is 24.4 Å². The van der Waals surface area contributed by atoms with E-state index in [1.54, 1.807) is 11.8 Å². The van der Waals surface area contributed by atoms with Gasteiger partial charge >= 0.3 is 15.5 Å². The van der Waals surface area contributed by atoms with Crippen LogP contribution < -0.4 is 10.0 Å². The third-order valence-electron chi connectivity index (χ3n) is 4.87. The van der Waals surface area contributed by atoms with Crippen LogP contribution in [-0.2, 0) is 10.0 Å². The van der Waals surface area contributed by atoms with Crippen molar-refractivity contribution < 1.29 is 21.6 Å². The molecule has 1 aromatic carbocycles. The van der Waals surface area contributed by atoms with E-state index in [0.717, 1.165) is 12.0 Å². The van der Waals surface area contributed by atoms with Crippen LogP contribution in [0.2, 0.25) is 0 Å². The maximum Gasteiger partial charge on any atom is 0.511 e. The first kappa shape index (κ1) is 21.9. The number of thiocarbonyl (C=S) groups is 1. The summed E-state index contributed by atoms with van der Waals surface area (Å²) in [6, 6.07) is 8.28. The number of benzene rings is 1. The lowest BCUT2D eigenvalue weighted by molar-refractivity contribution is -0.0453. The molecule has 0 aliphatic heterocycles. The van der Waals surface area contributed by atoms with Gasteiger partial charge in [-0.1, -0.05) is 43.2 Å². The summed E-state index contributed by atoms with van der Waals surface area (Å²) >= 11 is 5.42. The molecule has 0 saturated heterocycles. The fraction of sp³-hybridized carbons (Fsp3) is 0.588. The summed E-state index contributed by atoms with van der Waals surface area (Å²) < 4.78 is 62.8. The van der Waals surface area contributed by atoms with Gasteiger partial charge in [-0.3, -0.25) is 0 Å². The van der Waals surface area contributed by atoms with Crippen molar-refractivity contribution in [3.63, 3.8) is 0 Å². The average Bonchev–Trinajstić information content (AvgIpc) is 2.61. The summed E-state index contributed by atoms with van der Waals surface area (Å²) in [7, 11) is -3.60. The molecule has 27 heavy (non-hydrogen) atoms. The molecule has 1 aromatic rings. The van der Waals surface area contributed by atoms with E-state index in [9.17, 15) is 21.6 Å². The third kappa shape index (κ3) is 5.55. The highest BCUT2D eigenvalue weighted by atomic mass is 32.2. The van der Waals surface area contributed by atoms with Crippen molar-refractivity contribution in [1.82, 2.24) is 14.9 Å². The molecule has 0 heterocycles. The minimum absolute atomic E-state index is 0.0416. The van der Waals surface area contributed by atoms with Crippen LogP contribution in [0, 0.1) is 0 Å². The first-order valence-electron chi connectivity index (χ1n) is 8.70. The van der Waals surface area contributed by atoms with E-state index >= 15 is 0 Å². The van der Waals surface area contributed by atoms with Crippen LogP contribution in [0.5, 0.6) is 0 Å². The summed E-state index contributed by atoms with van der Waals surface area (Å²) in [4.78, 5) is 1.81. The van der Waals surface area contributed by atoms with Gasteiger partial charge in [-0.2, -0.15) is 13.2 Å². The largest absolute Gasteiger partial charge is 0.511 e. The van der Waals surface area contributed by atoms with Crippen molar-refractivity contribution in [2.75, 3.05) is 7.05 Å². The molecule has 0 radical (unpaired) electrons. The van der Waals surface area contributed by atoms with Crippen molar-refractivity contribution >= 4 is 27.4 Å². The molecule has 0 bridgehead atoms. The molecule has 2 rings (SSSR count). The summed E-state index contributed by atoms with van der Waals surface area (Å²) in [6.07, 6.45) is 2.32. The number of alkyl halides is 3. The Hall–Kier alpha value is -1.39. The molecule has 0 spiro atoms. The Bertz CT molecular complexity index is 742. The number of nitrogens with zero attached hydrogens (tertiary/aromatic N) is 1. The number of nitrogens with one attached hydrogen (secondary N) is 2. The normalized spacial score (nSPS) is 22.1. The first-order chi connectivity index (χ1) is 12.5. The van der Waals surface area contributed by atoms with Crippen molar-refractivity contribution in [2.45, 2.75) is 56.2 Å². The topological polar surface area (TPSA) is 61.4 Å². The molecule has 1 aliphatic rings. The molecule has 1 saturated carbocycles. The second-order valence-electron chi connectivity index (χ2n) is 6.71. The second-order valence-corrected chi connectivity index (χ2v) is 8.80. The van der Waals surface area contributed by atoms with E-state index in [1.165, 1.54) is 0 Å². The minimum atomic E-state index is -5.39. The molecule has 1 fully saturated rings. The first-order valence-corrected chi connectivity index (χ1v) is 10.6. The highest BCUT2D eigenvalue weighted by Gasteiger charge is 2.47. The van der Waals surface area contributed by atoms with Crippen LogP contribution in [0.1, 0.15) is 44.2 Å². The molecule has 1 unspecified atom stereocenters. The highest BCUT2D eigenvalue weighted by Crippen LogP contribution is 2.26. The summed E-state index contributed by atoms with van der Waals surface area (Å²) in [6.45, 7) is 1.97. The predicted octanol–water partition coefficient (Wildman–Crippen LogP) is 3.30. The Morgan fingerprint density at radius 2 is 1.74 bits per heavy atom. The van der Waals surface area contributed by atoms with E-state index in [4.69, 9.17) is 12.2 Å². The van der Waals surface area contributed by atoms with Gasteiger partial charge in [-0.15, -0.1) is 0 Å². The Labute approximate surface area is 163 Å². The smallest absolute Gasteiger partial charge is 0.358 e. The van der Waals surface area contributed by atoms with Crippen LogP contribution >= 0.6 is 12.2 Å². The zero-order chi connectivity index (χ0) is 20.2. The zero-order valence-corrected chi connectivity index (χ0v) is 16.8. The average molecular weight is 424 g/mol. The summed E-state index contributed by atoms with van der Waals surface area (Å²) in [5.74, 6) is 0. The van der Waals surface area contributed by atoms with E-state index in [2.05, 4.69) is 5.32 Å². The maximum absolute atomic E-state index is 12.7. The quantitative estimate of drug-likeness (QED) is 0.712. The van der Waals surface area contributed by atoms with Gasteiger partial charge in [-0.25, -0.2) is 13.1 Å². The van der Waals surface area contributed by atoms with Crippen LogP contribution in [0.25, 0.3) is 0 Å². The number of sulfonamides is 1. The van der Waals surface area contributed by atoms with Gasteiger partial charge in [0.25, 0.3) is 0 Å². The van der Waals surface area contributed by atoms with Crippen LogP contribution in [0.3, 0.4) is 0 Å². The van der Waals surface area contributed by atoms with Gasteiger partial charge in [-0.05, 0) is 37.5 Å². The summed E-state index contributed by atoms with van der Waals surface area (Å²) in [5.41, 5.74) is -4.28. The standard InChI is InChI=1S/C17H24F3N3O2S2/c1-12(13-8-4-3-5-9-13)23(2)16(26)21-14-10-6-7-11-15(14)22-27(24,25)17(18,19)20/h3-5,8-9,12,14-15,22H,6-7,10-11H2,1-2H3,(H,21,26)/t12?,14-,15-/m0/s1. The van der Waals surface area contributed by atoms with Gasteiger partial charge < -0.3 is 10.2 Å². The second kappa shape index (κ2) is 8.74. The zero-order valence-electron chi connectivity index (χ0n) is 15.2. The van der Waals surface area contributed by atoms with Gasteiger partial charge in [0, 0.05) is 19.1 Å². The maximum atomic E-state index is 12.7. The van der Waals surface area contributed by atoms with Gasteiger partial charge in [0.15, 0.2) is 5.11 Å². The Morgan fingerprint density at radius 3 is 2.30 bits per heavy atom. The summed E-state index contributed by atoms with van der Waals surface area (Å²) in [5, 5.41) is 3.43. The van der Waals surface area contributed by atoms with E-state index in [-0.39, 0.29) is 6.04 Å². The lowest BCUT2D eigenvalue weighted by Crippen LogP contribution is -2.56. The molecular weight excluding hydrogens is 399 g/mol. The Balaban J connectivity index is 2.05. The van der Waals surface area contributed by atoms with E-state index < -0.39 is 27.6 Å². The van der Waals surface area contributed by atoms with Crippen molar-refractivity contribution in [3.05, 3.63) is 35.9 Å². The van der Waals surface area contributed by atoms with Crippen molar-refractivity contribution in [3.8, 4) is 0 Å². The van der Waals surface area contributed by atoms with Crippen LogP contribution in [0.4, 0.5) is 13.2 Å². The number of hydrogen-bond acceptors (Lipinski definition) is 3. The molecule has 10 heteroatoms. The Kier molecular flexibility index (Phi) is 7.09. The molecule has 5 nitrogen and oxygen atoms in total. The third-order valence-corrected chi connectivity index (χ3v) is 6.50. The van der Waals surface area contributed by atoms with Gasteiger partial charge in [0.05, 0.1) is 6.04 Å². The number of halogens is 3. The Morgan fingerprint density at radius 1 is 1.19 bits per heavy atom. The van der Waals surface area contributed by atoms with Crippen LogP contribution in [0.15, 0.2) is 30.3 Å². The lowest BCUT2D eigenvalue weighted by atomic mass is 9.91. The van der Waals surface area contributed by atoms with Gasteiger partial charge in [0.1, 0.15) is 0 Å². The fourth-order valence-corrected chi connectivity index (χ4v) is 4.23. The lowest BCUT2D eigenvalue weighted by Gasteiger charge is -2.36.